The number of ether oxygens (including phenoxy) is 4. The largest absolute Gasteiger partial charge is 0.496 e. The van der Waals surface area contributed by atoms with Crippen LogP contribution >= 0.6 is 11.6 Å². The summed E-state index contributed by atoms with van der Waals surface area (Å²) in [6, 6.07) is 17.6. The van der Waals surface area contributed by atoms with Crippen LogP contribution in [0.5, 0.6) is 17.2 Å². The van der Waals surface area contributed by atoms with E-state index >= 15 is 0 Å². The van der Waals surface area contributed by atoms with Crippen molar-refractivity contribution in [1.29, 1.82) is 5.26 Å². The highest BCUT2D eigenvalue weighted by molar-refractivity contribution is 6.32. The minimum Gasteiger partial charge on any atom is -0.496 e. The number of fused-ring (bicyclic) bond motifs is 1. The Morgan fingerprint density at radius 1 is 1.21 bits per heavy atom. The first-order valence-corrected chi connectivity index (χ1v) is 12.4. The van der Waals surface area contributed by atoms with Crippen molar-refractivity contribution in [2.45, 2.75) is 19.1 Å². The molecule has 10 nitrogen and oxygen atoms in total. The molecule has 2 heterocycles. The molecule has 0 spiro atoms. The summed E-state index contributed by atoms with van der Waals surface area (Å²) in [6.07, 6.45) is 1.77. The van der Waals surface area contributed by atoms with Crippen LogP contribution in [0.1, 0.15) is 17.5 Å². The molecule has 1 aliphatic heterocycles. The van der Waals surface area contributed by atoms with Gasteiger partial charge in [-0.3, -0.25) is 15.1 Å². The van der Waals surface area contributed by atoms with Gasteiger partial charge in [-0.15, -0.1) is 0 Å². The van der Waals surface area contributed by atoms with Crippen LogP contribution in [0.3, 0.4) is 0 Å². The highest BCUT2D eigenvalue weighted by Gasteiger charge is 2.25. The van der Waals surface area contributed by atoms with E-state index in [4.69, 9.17) is 30.5 Å². The Labute approximate surface area is 228 Å². The molecule has 0 saturated carbocycles. The first-order chi connectivity index (χ1) is 19.0. The molecule has 198 valence electrons. The van der Waals surface area contributed by atoms with Gasteiger partial charge in [0.25, 0.3) is 0 Å². The third kappa shape index (κ3) is 5.65. The summed E-state index contributed by atoms with van der Waals surface area (Å²) in [7, 11) is 1.59. The second-order valence-electron chi connectivity index (χ2n) is 8.73. The molecule has 0 amide bonds. The Balaban J connectivity index is 1.44. The summed E-state index contributed by atoms with van der Waals surface area (Å²) < 4.78 is 22.4. The molecule has 1 aliphatic rings. The van der Waals surface area contributed by atoms with Crippen molar-refractivity contribution in [3.63, 3.8) is 0 Å². The Kier molecular flexibility index (Phi) is 7.63. The Bertz CT molecular complexity index is 1580. The van der Waals surface area contributed by atoms with E-state index in [1.165, 1.54) is 18.3 Å². The van der Waals surface area contributed by atoms with Gasteiger partial charge in [-0.2, -0.15) is 5.26 Å². The molecule has 1 fully saturated rings. The van der Waals surface area contributed by atoms with Crippen molar-refractivity contribution in [1.82, 2.24) is 4.98 Å². The number of pyridine rings is 1. The summed E-state index contributed by atoms with van der Waals surface area (Å²) in [4.78, 5) is 15.7. The van der Waals surface area contributed by atoms with E-state index in [0.717, 1.165) is 5.56 Å². The first-order valence-electron chi connectivity index (χ1n) is 12.0. The molecule has 5 rings (SSSR count). The third-order valence-corrected chi connectivity index (χ3v) is 6.52. The van der Waals surface area contributed by atoms with Gasteiger partial charge in [-0.25, -0.2) is 0 Å². The molecule has 0 bridgehead atoms. The number of para-hydroxylation sites is 1. The van der Waals surface area contributed by atoms with Gasteiger partial charge in [0.05, 0.1) is 47.0 Å². The number of aromatic nitrogens is 1. The summed E-state index contributed by atoms with van der Waals surface area (Å²) in [6.45, 7) is 1.16. The fourth-order valence-corrected chi connectivity index (χ4v) is 4.50. The second kappa shape index (κ2) is 11.4. The number of hydrogen-bond donors (Lipinski definition) is 1. The predicted molar refractivity (Wildman–Crippen MR) is 145 cm³/mol. The number of methoxy groups -OCH3 is 1. The van der Waals surface area contributed by atoms with Crippen molar-refractivity contribution >= 4 is 39.6 Å². The van der Waals surface area contributed by atoms with Crippen LogP contribution in [0.15, 0.2) is 60.8 Å². The van der Waals surface area contributed by atoms with Crippen LogP contribution in [0.25, 0.3) is 10.9 Å². The zero-order chi connectivity index (χ0) is 27.4. The zero-order valence-electron chi connectivity index (χ0n) is 20.8. The van der Waals surface area contributed by atoms with Crippen LogP contribution in [-0.2, 0) is 11.3 Å². The standard InChI is InChI=1S/C28H23ClN4O6/c1-36-25-5-3-2-4-17(25)15-38-26-7-6-19(10-22(26)29)32-28-18(13-30)14-31-23-12-27(39-20-8-9-37-16-20)24(33(34)35)11-21(23)28/h2-7,10-12,14,20H,8-9,15-16H2,1H3,(H,31,32). The van der Waals surface area contributed by atoms with Gasteiger partial charge in [-0.05, 0) is 24.3 Å². The average molecular weight is 547 g/mol. The fourth-order valence-electron chi connectivity index (χ4n) is 4.27. The van der Waals surface area contributed by atoms with E-state index in [9.17, 15) is 15.4 Å². The molecule has 1 atom stereocenters. The average Bonchev–Trinajstić information content (AvgIpc) is 3.45. The van der Waals surface area contributed by atoms with Crippen molar-refractivity contribution in [3.05, 3.63) is 87.1 Å². The topological polar surface area (TPSA) is 129 Å². The molecule has 1 N–H and O–H groups in total. The van der Waals surface area contributed by atoms with Gasteiger partial charge >= 0.3 is 5.69 Å². The van der Waals surface area contributed by atoms with Crippen LogP contribution < -0.4 is 19.5 Å². The minimum atomic E-state index is -0.516. The number of nitrogens with zero attached hydrogens (tertiary/aromatic N) is 3. The molecule has 1 saturated heterocycles. The molecule has 3 aromatic carbocycles. The molecule has 1 unspecified atom stereocenters. The quantitative estimate of drug-likeness (QED) is 0.193. The maximum atomic E-state index is 11.9. The van der Waals surface area contributed by atoms with Gasteiger partial charge in [0, 0.05) is 41.4 Å². The number of nitro groups is 1. The maximum absolute atomic E-state index is 11.9. The molecule has 4 aromatic rings. The normalized spacial score (nSPS) is 14.5. The number of rotatable bonds is 9. The highest BCUT2D eigenvalue weighted by atomic mass is 35.5. The number of nitriles is 1. The van der Waals surface area contributed by atoms with Crippen LogP contribution in [0, 0.1) is 21.4 Å². The lowest BCUT2D eigenvalue weighted by molar-refractivity contribution is -0.385. The van der Waals surface area contributed by atoms with E-state index in [0.29, 0.717) is 58.4 Å². The lowest BCUT2D eigenvalue weighted by atomic mass is 10.1. The number of nitrogens with one attached hydrogen (secondary N) is 1. The minimum absolute atomic E-state index is 0.103. The smallest absolute Gasteiger partial charge is 0.311 e. The molecular formula is C28H23ClN4O6. The van der Waals surface area contributed by atoms with Gasteiger partial charge in [-0.1, -0.05) is 29.8 Å². The molecule has 1 aromatic heterocycles. The monoisotopic (exact) mass is 546 g/mol. The summed E-state index contributed by atoms with van der Waals surface area (Å²) in [5.41, 5.74) is 2.19. The number of nitro benzene ring substituents is 1. The Morgan fingerprint density at radius 3 is 2.77 bits per heavy atom. The second-order valence-corrected chi connectivity index (χ2v) is 9.13. The Morgan fingerprint density at radius 2 is 2.05 bits per heavy atom. The van der Waals surface area contributed by atoms with Crippen molar-refractivity contribution in [2.24, 2.45) is 0 Å². The summed E-state index contributed by atoms with van der Waals surface area (Å²) in [5.74, 6) is 1.27. The SMILES string of the molecule is COc1ccccc1COc1ccc(Nc2c(C#N)cnc3cc(OC4CCOC4)c([N+](=O)[O-])cc23)cc1Cl. The van der Waals surface area contributed by atoms with Crippen molar-refractivity contribution < 1.29 is 23.9 Å². The Hall–Kier alpha value is -4.59. The van der Waals surface area contributed by atoms with Crippen LogP contribution in [0.2, 0.25) is 5.02 Å². The molecular weight excluding hydrogens is 524 g/mol. The molecule has 39 heavy (non-hydrogen) atoms. The lowest BCUT2D eigenvalue weighted by Gasteiger charge is -2.16. The van der Waals surface area contributed by atoms with Crippen molar-refractivity contribution in [2.75, 3.05) is 25.6 Å². The summed E-state index contributed by atoms with van der Waals surface area (Å²) >= 11 is 6.51. The number of halogens is 1. The zero-order valence-corrected chi connectivity index (χ0v) is 21.6. The van der Waals surface area contributed by atoms with E-state index in [-0.39, 0.29) is 29.7 Å². The van der Waals surface area contributed by atoms with Crippen LogP contribution in [0.4, 0.5) is 17.1 Å². The fraction of sp³-hybridized carbons (Fsp3) is 0.214. The highest BCUT2D eigenvalue weighted by Crippen LogP contribution is 2.39. The predicted octanol–water partition coefficient (Wildman–Crippen LogP) is 6.17. The van der Waals surface area contributed by atoms with E-state index in [1.807, 2.05) is 24.3 Å². The number of hydrogen-bond acceptors (Lipinski definition) is 9. The first kappa shape index (κ1) is 26.0. The van der Waals surface area contributed by atoms with Gasteiger partial charge in [0.15, 0.2) is 5.75 Å². The third-order valence-electron chi connectivity index (χ3n) is 6.22. The molecule has 0 aliphatic carbocycles. The van der Waals surface area contributed by atoms with Gasteiger partial charge < -0.3 is 24.3 Å². The van der Waals surface area contributed by atoms with Gasteiger partial charge in [0.2, 0.25) is 0 Å². The molecule has 0 radical (unpaired) electrons. The van der Waals surface area contributed by atoms with Crippen LogP contribution in [-0.4, -0.2) is 36.3 Å². The van der Waals surface area contributed by atoms with E-state index in [1.54, 1.807) is 25.3 Å². The molecule has 11 heteroatoms. The van der Waals surface area contributed by atoms with E-state index in [2.05, 4.69) is 16.4 Å². The summed E-state index contributed by atoms with van der Waals surface area (Å²) in [5, 5.41) is 25.6. The van der Waals surface area contributed by atoms with Gasteiger partial charge in [0.1, 0.15) is 30.3 Å². The van der Waals surface area contributed by atoms with E-state index < -0.39 is 4.92 Å². The lowest BCUT2D eigenvalue weighted by Crippen LogP contribution is -2.16. The number of benzene rings is 3. The van der Waals surface area contributed by atoms with Crippen molar-refractivity contribution in [3.8, 4) is 23.3 Å². The number of anilines is 2. The maximum Gasteiger partial charge on any atom is 0.311 e.